The fraction of sp³-hybridized carbons (Fsp3) is 0.333. The lowest BCUT2D eigenvalue weighted by molar-refractivity contribution is 0.436. The van der Waals surface area contributed by atoms with Crippen molar-refractivity contribution < 1.29 is 22.8 Å². The van der Waals surface area contributed by atoms with E-state index in [0.717, 1.165) is 25.7 Å². The van der Waals surface area contributed by atoms with Crippen molar-refractivity contribution in [2.24, 2.45) is 0 Å². The zero-order valence-electron chi connectivity index (χ0n) is 13.6. The van der Waals surface area contributed by atoms with Gasteiger partial charge in [-0.25, -0.2) is 0 Å². The predicted molar refractivity (Wildman–Crippen MR) is 92.3 cm³/mol. The summed E-state index contributed by atoms with van der Waals surface area (Å²) in [6.07, 6.45) is 4.81. The number of ether oxygens (including phenoxy) is 1. The van der Waals surface area contributed by atoms with E-state index in [9.17, 15) is 18.1 Å². The molecule has 0 aliphatic heterocycles. The van der Waals surface area contributed by atoms with Crippen LogP contribution in [0.15, 0.2) is 47.4 Å². The standard InChI is InChI=1S/C18H22O5S/c1-2-3-4-5-8-14-9-6-12-17(24(20,21)22)18(14)23-16-11-7-10-15(19)13-16/h6-7,9-13,19H,2-5,8H2,1H3,(H,20,21,22). The molecule has 130 valence electrons. The maximum Gasteiger partial charge on any atom is 0.298 e. The van der Waals surface area contributed by atoms with Crippen molar-refractivity contribution in [3.8, 4) is 17.2 Å². The van der Waals surface area contributed by atoms with Gasteiger partial charge in [0.05, 0.1) is 0 Å². The van der Waals surface area contributed by atoms with Gasteiger partial charge in [-0.15, -0.1) is 0 Å². The van der Waals surface area contributed by atoms with Crippen molar-refractivity contribution in [2.45, 2.75) is 43.9 Å². The van der Waals surface area contributed by atoms with Gasteiger partial charge in [0, 0.05) is 6.07 Å². The first-order valence-electron chi connectivity index (χ1n) is 7.98. The molecule has 2 aromatic carbocycles. The Bertz CT molecular complexity index is 784. The molecule has 0 aliphatic rings. The summed E-state index contributed by atoms with van der Waals surface area (Å²) in [6.45, 7) is 2.12. The monoisotopic (exact) mass is 350 g/mol. The van der Waals surface area contributed by atoms with Crippen LogP contribution in [0.25, 0.3) is 0 Å². The number of hydrogen-bond acceptors (Lipinski definition) is 4. The molecule has 0 amide bonds. The molecule has 5 nitrogen and oxygen atoms in total. The molecule has 0 spiro atoms. The molecule has 0 saturated carbocycles. The number of rotatable bonds is 8. The lowest BCUT2D eigenvalue weighted by atomic mass is 10.1. The van der Waals surface area contributed by atoms with Gasteiger partial charge in [-0.1, -0.05) is 44.4 Å². The van der Waals surface area contributed by atoms with Crippen molar-refractivity contribution in [3.05, 3.63) is 48.0 Å². The van der Waals surface area contributed by atoms with Crippen LogP contribution >= 0.6 is 0 Å². The highest BCUT2D eigenvalue weighted by molar-refractivity contribution is 7.86. The maximum atomic E-state index is 11.7. The normalized spacial score (nSPS) is 11.4. The number of unbranched alkanes of at least 4 members (excludes halogenated alkanes) is 3. The Balaban J connectivity index is 2.36. The number of para-hydroxylation sites is 1. The predicted octanol–water partition coefficient (Wildman–Crippen LogP) is 4.55. The number of hydrogen-bond donors (Lipinski definition) is 2. The van der Waals surface area contributed by atoms with Crippen molar-refractivity contribution >= 4 is 10.1 Å². The van der Waals surface area contributed by atoms with Gasteiger partial charge in [-0.2, -0.15) is 8.42 Å². The van der Waals surface area contributed by atoms with Gasteiger partial charge in [0.15, 0.2) is 5.75 Å². The van der Waals surface area contributed by atoms with Crippen LogP contribution in [0.4, 0.5) is 0 Å². The van der Waals surface area contributed by atoms with Crippen molar-refractivity contribution in [1.82, 2.24) is 0 Å². The summed E-state index contributed by atoms with van der Waals surface area (Å²) in [4.78, 5) is -0.265. The molecule has 0 saturated heterocycles. The Labute approximate surface area is 142 Å². The van der Waals surface area contributed by atoms with Crippen LogP contribution in [-0.4, -0.2) is 18.1 Å². The van der Waals surface area contributed by atoms with Gasteiger partial charge >= 0.3 is 0 Å². The van der Waals surface area contributed by atoms with E-state index in [-0.39, 0.29) is 16.4 Å². The average Bonchev–Trinajstić information content (AvgIpc) is 2.51. The second kappa shape index (κ2) is 8.17. The van der Waals surface area contributed by atoms with Crippen LogP contribution in [0.3, 0.4) is 0 Å². The highest BCUT2D eigenvalue weighted by atomic mass is 32.2. The smallest absolute Gasteiger partial charge is 0.298 e. The van der Waals surface area contributed by atoms with Crippen LogP contribution in [0, 0.1) is 0 Å². The number of aromatic hydroxyl groups is 1. The Hall–Kier alpha value is -2.05. The summed E-state index contributed by atoms with van der Waals surface area (Å²) in [6, 6.07) is 10.8. The van der Waals surface area contributed by atoms with E-state index >= 15 is 0 Å². The lowest BCUT2D eigenvalue weighted by Crippen LogP contribution is -2.04. The van der Waals surface area contributed by atoms with Crippen LogP contribution in [0.5, 0.6) is 17.2 Å². The first-order valence-corrected chi connectivity index (χ1v) is 9.42. The highest BCUT2D eigenvalue weighted by Crippen LogP contribution is 2.34. The lowest BCUT2D eigenvalue weighted by Gasteiger charge is -2.14. The second-order valence-electron chi connectivity index (χ2n) is 5.63. The molecule has 0 aromatic heterocycles. The summed E-state index contributed by atoms with van der Waals surface area (Å²) in [5, 5.41) is 9.54. The molecule has 6 heteroatoms. The molecule has 2 aromatic rings. The minimum atomic E-state index is -4.41. The largest absolute Gasteiger partial charge is 0.508 e. The van der Waals surface area contributed by atoms with Gasteiger partial charge in [-0.05, 0) is 36.6 Å². The van der Waals surface area contributed by atoms with Crippen LogP contribution in [0.1, 0.15) is 38.2 Å². The molecule has 2 N–H and O–H groups in total. The van der Waals surface area contributed by atoms with Crippen molar-refractivity contribution in [2.75, 3.05) is 0 Å². The third-order valence-electron chi connectivity index (χ3n) is 3.68. The Morgan fingerprint density at radius 2 is 1.79 bits per heavy atom. The molecule has 0 aliphatic carbocycles. The SMILES string of the molecule is CCCCCCc1cccc(S(=O)(=O)O)c1Oc1cccc(O)c1. The first-order chi connectivity index (χ1) is 11.4. The minimum absolute atomic E-state index is 0.0151. The zero-order valence-corrected chi connectivity index (χ0v) is 14.4. The molecule has 2 rings (SSSR count). The first kappa shape index (κ1) is 18.3. The maximum absolute atomic E-state index is 11.7. The number of aryl methyl sites for hydroxylation is 1. The van der Waals surface area contributed by atoms with Crippen LogP contribution in [-0.2, 0) is 16.5 Å². The van der Waals surface area contributed by atoms with Gasteiger partial charge in [0.2, 0.25) is 0 Å². The van der Waals surface area contributed by atoms with Crippen LogP contribution < -0.4 is 4.74 Å². The quantitative estimate of drug-likeness (QED) is 0.539. The Morgan fingerprint density at radius 1 is 1.04 bits per heavy atom. The summed E-state index contributed by atoms with van der Waals surface area (Å²) in [5.41, 5.74) is 0.713. The van der Waals surface area contributed by atoms with Crippen molar-refractivity contribution in [1.29, 1.82) is 0 Å². The Kier molecular flexibility index (Phi) is 6.23. The molecule has 0 radical (unpaired) electrons. The van der Waals surface area contributed by atoms with E-state index in [4.69, 9.17) is 4.74 Å². The summed E-state index contributed by atoms with van der Waals surface area (Å²) < 4.78 is 38.5. The molecule has 0 heterocycles. The molecule has 0 fully saturated rings. The topological polar surface area (TPSA) is 83.8 Å². The fourth-order valence-corrected chi connectivity index (χ4v) is 3.14. The fourth-order valence-electron chi connectivity index (χ4n) is 2.48. The zero-order chi connectivity index (χ0) is 17.6. The van der Waals surface area contributed by atoms with Crippen molar-refractivity contribution in [3.63, 3.8) is 0 Å². The van der Waals surface area contributed by atoms with E-state index in [1.54, 1.807) is 24.3 Å². The highest BCUT2D eigenvalue weighted by Gasteiger charge is 2.20. The van der Waals surface area contributed by atoms with Crippen LogP contribution in [0.2, 0.25) is 0 Å². The molecule has 0 bridgehead atoms. The molecular formula is C18H22O5S. The van der Waals surface area contributed by atoms with Gasteiger partial charge < -0.3 is 9.84 Å². The number of benzene rings is 2. The molecule has 24 heavy (non-hydrogen) atoms. The van der Waals surface area contributed by atoms with Gasteiger partial charge in [0.1, 0.15) is 16.4 Å². The number of phenolic OH excluding ortho intramolecular Hbond substituents is 1. The van der Waals surface area contributed by atoms with E-state index in [1.807, 2.05) is 0 Å². The molecular weight excluding hydrogens is 328 g/mol. The van der Waals surface area contributed by atoms with E-state index in [1.165, 1.54) is 18.2 Å². The summed E-state index contributed by atoms with van der Waals surface area (Å²) >= 11 is 0. The summed E-state index contributed by atoms with van der Waals surface area (Å²) in [5.74, 6) is 0.435. The molecule has 0 atom stereocenters. The Morgan fingerprint density at radius 3 is 2.46 bits per heavy atom. The third kappa shape index (κ3) is 4.97. The van der Waals surface area contributed by atoms with Gasteiger partial charge in [-0.3, -0.25) is 4.55 Å². The van der Waals surface area contributed by atoms with Gasteiger partial charge in [0.25, 0.3) is 10.1 Å². The van der Waals surface area contributed by atoms with E-state index in [2.05, 4.69) is 6.92 Å². The third-order valence-corrected chi connectivity index (χ3v) is 4.55. The molecule has 0 unspecified atom stereocenters. The minimum Gasteiger partial charge on any atom is -0.508 e. The van der Waals surface area contributed by atoms with E-state index in [0.29, 0.717) is 17.7 Å². The summed E-state index contributed by atoms with van der Waals surface area (Å²) in [7, 11) is -4.41. The number of phenols is 1. The second-order valence-corrected chi connectivity index (χ2v) is 7.02. The van der Waals surface area contributed by atoms with E-state index < -0.39 is 10.1 Å². The average molecular weight is 350 g/mol.